The second kappa shape index (κ2) is 11.6. The Labute approximate surface area is 214 Å². The molecule has 1 saturated heterocycles. The lowest BCUT2D eigenvalue weighted by Crippen LogP contribution is -2.54. The summed E-state index contributed by atoms with van der Waals surface area (Å²) in [5, 5.41) is 2.64. The normalized spacial score (nSPS) is 14.7. The van der Waals surface area contributed by atoms with E-state index >= 15 is 0 Å². The summed E-state index contributed by atoms with van der Waals surface area (Å²) in [4.78, 5) is 39.4. The van der Waals surface area contributed by atoms with Crippen LogP contribution in [-0.2, 0) is 16.2 Å². The molecular weight excluding hydrogens is 480 g/mol. The van der Waals surface area contributed by atoms with Gasteiger partial charge in [-0.05, 0) is 60.5 Å². The molecule has 0 saturated carbocycles. The highest BCUT2D eigenvalue weighted by atomic mass is 35.5. The second-order valence-electron chi connectivity index (χ2n) is 8.11. The molecule has 0 spiro atoms. The van der Waals surface area contributed by atoms with Crippen molar-refractivity contribution >= 4 is 41.2 Å². The molecule has 1 heterocycles. The Morgan fingerprint density at radius 2 is 1.69 bits per heavy atom. The summed E-state index contributed by atoms with van der Waals surface area (Å²) in [5.41, 5.74) is 1.48. The molecule has 1 N–H and O–H groups in total. The van der Waals surface area contributed by atoms with Gasteiger partial charge < -0.3 is 9.47 Å². The number of carbonyl (C=O) groups excluding carboxylic acids is 3. The van der Waals surface area contributed by atoms with E-state index < -0.39 is 17.8 Å². The van der Waals surface area contributed by atoms with E-state index in [0.717, 1.165) is 23.3 Å². The van der Waals surface area contributed by atoms with Crippen LogP contribution in [0.5, 0.6) is 11.5 Å². The number of anilines is 1. The molecule has 8 heteroatoms. The third-order valence-electron chi connectivity index (χ3n) is 5.47. The molecule has 0 unspecified atom stereocenters. The van der Waals surface area contributed by atoms with Crippen LogP contribution in [0.15, 0.2) is 78.4 Å². The zero-order chi connectivity index (χ0) is 25.5. The van der Waals surface area contributed by atoms with Gasteiger partial charge in [-0.1, -0.05) is 55.3 Å². The van der Waals surface area contributed by atoms with Crippen LogP contribution in [0.1, 0.15) is 30.9 Å². The Kier molecular flexibility index (Phi) is 8.02. The van der Waals surface area contributed by atoms with Gasteiger partial charge in [0, 0.05) is 10.6 Å². The summed E-state index contributed by atoms with van der Waals surface area (Å²) >= 11 is 6.19. The number of ether oxygens (including phenoxy) is 2. The lowest BCUT2D eigenvalue weighted by Gasteiger charge is -2.26. The molecule has 184 valence electrons. The van der Waals surface area contributed by atoms with Crippen LogP contribution in [0.3, 0.4) is 0 Å². The quantitative estimate of drug-likeness (QED) is 0.227. The van der Waals surface area contributed by atoms with E-state index in [4.69, 9.17) is 21.1 Å². The van der Waals surface area contributed by atoms with Crippen molar-refractivity contribution in [3.05, 3.63) is 94.5 Å². The number of barbiturate groups is 1. The molecular formula is C28H25ClN2O5. The highest BCUT2D eigenvalue weighted by Crippen LogP contribution is 2.29. The van der Waals surface area contributed by atoms with Crippen molar-refractivity contribution < 1.29 is 23.9 Å². The Hall–Kier alpha value is -4.10. The average Bonchev–Trinajstić information content (AvgIpc) is 2.87. The third kappa shape index (κ3) is 5.93. The SMILES string of the molecule is CCCCOc1ccc(N2C(=O)NC(=O)/C(=C/c3cc(Cl)ccc3OCc3ccccc3)C2=O)cc1. The number of imide groups is 2. The molecule has 4 rings (SSSR count). The monoisotopic (exact) mass is 504 g/mol. The van der Waals surface area contributed by atoms with E-state index in [1.165, 1.54) is 6.08 Å². The molecule has 0 aromatic heterocycles. The van der Waals surface area contributed by atoms with Crippen LogP contribution in [-0.4, -0.2) is 24.5 Å². The molecule has 0 aliphatic carbocycles. The topological polar surface area (TPSA) is 84.9 Å². The number of hydrogen-bond acceptors (Lipinski definition) is 5. The summed E-state index contributed by atoms with van der Waals surface area (Å²) < 4.78 is 11.6. The zero-order valence-electron chi connectivity index (χ0n) is 19.7. The van der Waals surface area contributed by atoms with E-state index in [1.54, 1.807) is 42.5 Å². The van der Waals surface area contributed by atoms with E-state index in [9.17, 15) is 14.4 Å². The van der Waals surface area contributed by atoms with Crippen molar-refractivity contribution in [1.29, 1.82) is 0 Å². The van der Waals surface area contributed by atoms with Crippen molar-refractivity contribution in [2.75, 3.05) is 11.5 Å². The first kappa shape index (κ1) is 25.0. The van der Waals surface area contributed by atoms with Crippen molar-refractivity contribution in [1.82, 2.24) is 5.32 Å². The molecule has 3 aromatic carbocycles. The number of urea groups is 1. The molecule has 4 amide bonds. The minimum absolute atomic E-state index is 0.218. The maximum absolute atomic E-state index is 13.3. The first-order chi connectivity index (χ1) is 17.5. The number of nitrogens with zero attached hydrogens (tertiary/aromatic N) is 1. The van der Waals surface area contributed by atoms with E-state index in [0.29, 0.717) is 34.4 Å². The van der Waals surface area contributed by atoms with Gasteiger partial charge in [-0.25, -0.2) is 9.69 Å². The van der Waals surface area contributed by atoms with Gasteiger partial charge in [-0.3, -0.25) is 14.9 Å². The predicted octanol–water partition coefficient (Wildman–Crippen LogP) is 5.76. The van der Waals surface area contributed by atoms with Crippen molar-refractivity contribution in [2.45, 2.75) is 26.4 Å². The van der Waals surface area contributed by atoms with Gasteiger partial charge in [0.25, 0.3) is 11.8 Å². The molecule has 0 bridgehead atoms. The number of rotatable bonds is 9. The van der Waals surface area contributed by atoms with Crippen molar-refractivity contribution in [3.63, 3.8) is 0 Å². The fraction of sp³-hybridized carbons (Fsp3) is 0.179. The van der Waals surface area contributed by atoms with Gasteiger partial charge in [-0.2, -0.15) is 0 Å². The van der Waals surface area contributed by atoms with Crippen LogP contribution in [0.4, 0.5) is 10.5 Å². The number of unbranched alkanes of at least 4 members (excludes halogenated alkanes) is 1. The van der Waals surface area contributed by atoms with Crippen LogP contribution in [0.2, 0.25) is 5.02 Å². The Balaban J connectivity index is 1.59. The summed E-state index contributed by atoms with van der Waals surface area (Å²) in [6.45, 7) is 2.94. The third-order valence-corrected chi connectivity index (χ3v) is 5.71. The summed E-state index contributed by atoms with van der Waals surface area (Å²) in [7, 11) is 0. The fourth-order valence-corrected chi connectivity index (χ4v) is 3.75. The van der Waals surface area contributed by atoms with Crippen LogP contribution < -0.4 is 19.7 Å². The standard InChI is InChI=1S/C28H25ClN2O5/c1-2-3-15-35-23-12-10-22(11-13-23)31-27(33)24(26(32)30-28(31)34)17-20-16-21(29)9-14-25(20)36-18-19-7-5-4-6-8-19/h4-14,16-17H,2-3,15,18H2,1H3,(H,30,32,34)/b24-17-. The van der Waals surface area contributed by atoms with E-state index in [-0.39, 0.29) is 12.2 Å². The summed E-state index contributed by atoms with van der Waals surface area (Å²) in [5.74, 6) is -0.483. The van der Waals surface area contributed by atoms with Gasteiger partial charge in [0.05, 0.1) is 12.3 Å². The molecule has 1 fully saturated rings. The molecule has 0 atom stereocenters. The van der Waals surface area contributed by atoms with Gasteiger partial charge in [0.1, 0.15) is 23.7 Å². The van der Waals surface area contributed by atoms with Crippen molar-refractivity contribution in [3.8, 4) is 11.5 Å². The first-order valence-electron chi connectivity index (χ1n) is 11.6. The molecule has 3 aromatic rings. The largest absolute Gasteiger partial charge is 0.494 e. The molecule has 36 heavy (non-hydrogen) atoms. The number of halogens is 1. The van der Waals surface area contributed by atoms with Crippen LogP contribution >= 0.6 is 11.6 Å². The lowest BCUT2D eigenvalue weighted by atomic mass is 10.1. The van der Waals surface area contributed by atoms with Gasteiger partial charge >= 0.3 is 6.03 Å². The number of amides is 4. The van der Waals surface area contributed by atoms with Gasteiger partial charge in [0.2, 0.25) is 0 Å². The number of hydrogen-bond donors (Lipinski definition) is 1. The number of nitrogens with one attached hydrogen (secondary N) is 1. The molecule has 7 nitrogen and oxygen atoms in total. The average molecular weight is 505 g/mol. The Morgan fingerprint density at radius 1 is 0.944 bits per heavy atom. The van der Waals surface area contributed by atoms with E-state index in [2.05, 4.69) is 12.2 Å². The fourth-order valence-electron chi connectivity index (χ4n) is 3.57. The van der Waals surface area contributed by atoms with Crippen LogP contribution in [0.25, 0.3) is 6.08 Å². The number of carbonyl (C=O) groups is 3. The van der Waals surface area contributed by atoms with E-state index in [1.807, 2.05) is 30.3 Å². The Morgan fingerprint density at radius 3 is 2.42 bits per heavy atom. The minimum atomic E-state index is -0.826. The Bertz CT molecular complexity index is 1290. The highest BCUT2D eigenvalue weighted by Gasteiger charge is 2.37. The molecule has 1 aliphatic rings. The molecule has 1 aliphatic heterocycles. The smallest absolute Gasteiger partial charge is 0.335 e. The maximum atomic E-state index is 13.3. The highest BCUT2D eigenvalue weighted by molar-refractivity contribution is 6.39. The second-order valence-corrected chi connectivity index (χ2v) is 8.55. The van der Waals surface area contributed by atoms with Crippen LogP contribution in [0, 0.1) is 0 Å². The summed E-state index contributed by atoms with van der Waals surface area (Å²) in [6, 6.07) is 20.2. The van der Waals surface area contributed by atoms with Gasteiger partial charge in [-0.15, -0.1) is 0 Å². The lowest BCUT2D eigenvalue weighted by molar-refractivity contribution is -0.122. The zero-order valence-corrected chi connectivity index (χ0v) is 20.5. The first-order valence-corrected chi connectivity index (χ1v) is 11.9. The number of benzene rings is 3. The van der Waals surface area contributed by atoms with Crippen molar-refractivity contribution in [2.24, 2.45) is 0 Å². The maximum Gasteiger partial charge on any atom is 0.335 e. The van der Waals surface area contributed by atoms with Gasteiger partial charge in [0.15, 0.2) is 0 Å². The summed E-state index contributed by atoms with van der Waals surface area (Å²) in [6.07, 6.45) is 3.31. The predicted molar refractivity (Wildman–Crippen MR) is 138 cm³/mol. The molecule has 0 radical (unpaired) electrons. The minimum Gasteiger partial charge on any atom is -0.494 e.